The van der Waals surface area contributed by atoms with Crippen LogP contribution in [0.5, 0.6) is 5.75 Å². The molecule has 0 N–H and O–H groups in total. The molecular weight excluding hydrogens is 248 g/mol. The summed E-state index contributed by atoms with van der Waals surface area (Å²) in [6, 6.07) is 8.55. The van der Waals surface area contributed by atoms with E-state index in [-0.39, 0.29) is 12.2 Å². The maximum atomic E-state index is 6.05. The minimum absolute atomic E-state index is 0.141. The van der Waals surface area contributed by atoms with Crippen molar-refractivity contribution in [2.24, 2.45) is 0 Å². The molecule has 0 bridgehead atoms. The standard InChI is InChI=1S/C18H22O2/c1-5-13-14-8-6-7-9-15(14)18(19-4)16-10-11(2)20-12(3)17(13)16/h6-9,11-12H,5,10H2,1-4H3/t11-,12-/m1/s1. The van der Waals surface area contributed by atoms with Gasteiger partial charge in [0.15, 0.2) is 0 Å². The van der Waals surface area contributed by atoms with E-state index in [1.165, 1.54) is 27.5 Å². The van der Waals surface area contributed by atoms with Gasteiger partial charge < -0.3 is 9.47 Å². The van der Waals surface area contributed by atoms with E-state index in [0.29, 0.717) is 0 Å². The van der Waals surface area contributed by atoms with Gasteiger partial charge in [-0.25, -0.2) is 0 Å². The van der Waals surface area contributed by atoms with E-state index in [4.69, 9.17) is 9.47 Å². The number of hydrogen-bond acceptors (Lipinski definition) is 2. The SMILES string of the molecule is CCc1c2c(c(OC)c3ccccc13)C[C@@H](C)O[C@@H]2C. The van der Waals surface area contributed by atoms with Crippen LogP contribution in [0.15, 0.2) is 24.3 Å². The van der Waals surface area contributed by atoms with E-state index in [0.717, 1.165) is 18.6 Å². The molecule has 2 heteroatoms. The molecule has 0 fully saturated rings. The second-order valence-electron chi connectivity index (χ2n) is 5.60. The summed E-state index contributed by atoms with van der Waals surface area (Å²) in [7, 11) is 1.78. The Morgan fingerprint density at radius 2 is 1.90 bits per heavy atom. The van der Waals surface area contributed by atoms with E-state index in [1.54, 1.807) is 7.11 Å². The number of aryl methyl sites for hydroxylation is 1. The number of methoxy groups -OCH3 is 1. The number of benzene rings is 2. The number of rotatable bonds is 2. The molecule has 1 aliphatic rings. The lowest BCUT2D eigenvalue weighted by molar-refractivity contribution is -0.00567. The lowest BCUT2D eigenvalue weighted by Gasteiger charge is -2.32. The van der Waals surface area contributed by atoms with Crippen molar-refractivity contribution in [3.63, 3.8) is 0 Å². The van der Waals surface area contributed by atoms with Crippen LogP contribution in [0, 0.1) is 0 Å². The minimum Gasteiger partial charge on any atom is -0.496 e. The summed E-state index contributed by atoms with van der Waals surface area (Å²) in [4.78, 5) is 0. The zero-order valence-electron chi connectivity index (χ0n) is 12.7. The molecule has 20 heavy (non-hydrogen) atoms. The quantitative estimate of drug-likeness (QED) is 0.803. The van der Waals surface area contributed by atoms with Gasteiger partial charge >= 0.3 is 0 Å². The zero-order chi connectivity index (χ0) is 14.3. The Hall–Kier alpha value is -1.54. The van der Waals surface area contributed by atoms with E-state index in [2.05, 4.69) is 45.0 Å². The molecular formula is C18H22O2. The van der Waals surface area contributed by atoms with Crippen LogP contribution in [0.25, 0.3) is 10.8 Å². The minimum atomic E-state index is 0.141. The summed E-state index contributed by atoms with van der Waals surface area (Å²) in [5.41, 5.74) is 4.10. The van der Waals surface area contributed by atoms with Crippen LogP contribution in [0.2, 0.25) is 0 Å². The average molecular weight is 270 g/mol. The second-order valence-corrected chi connectivity index (χ2v) is 5.60. The number of fused-ring (bicyclic) bond motifs is 2. The fourth-order valence-electron chi connectivity index (χ4n) is 3.62. The van der Waals surface area contributed by atoms with Crippen LogP contribution < -0.4 is 4.74 Å². The van der Waals surface area contributed by atoms with E-state index in [1.807, 2.05) is 0 Å². The normalized spacial score (nSPS) is 21.8. The molecule has 2 nitrogen and oxygen atoms in total. The Morgan fingerprint density at radius 1 is 1.20 bits per heavy atom. The molecule has 0 saturated heterocycles. The third-order valence-corrected chi connectivity index (χ3v) is 4.31. The van der Waals surface area contributed by atoms with Gasteiger partial charge in [0.2, 0.25) is 0 Å². The van der Waals surface area contributed by atoms with Crippen molar-refractivity contribution in [1.82, 2.24) is 0 Å². The van der Waals surface area contributed by atoms with E-state index >= 15 is 0 Å². The van der Waals surface area contributed by atoms with Gasteiger partial charge in [0, 0.05) is 17.4 Å². The van der Waals surface area contributed by atoms with Crippen molar-refractivity contribution >= 4 is 10.8 Å². The molecule has 0 amide bonds. The Bertz CT molecular complexity index is 645. The molecule has 3 rings (SSSR count). The smallest absolute Gasteiger partial charge is 0.130 e. The van der Waals surface area contributed by atoms with E-state index in [9.17, 15) is 0 Å². The first kappa shape index (κ1) is 13.4. The number of hydrogen-bond donors (Lipinski definition) is 0. The monoisotopic (exact) mass is 270 g/mol. The molecule has 0 aromatic heterocycles. The summed E-state index contributed by atoms with van der Waals surface area (Å²) >= 11 is 0. The Labute approximate surface area is 120 Å². The highest BCUT2D eigenvalue weighted by Crippen LogP contribution is 2.43. The van der Waals surface area contributed by atoms with Gasteiger partial charge in [-0.15, -0.1) is 0 Å². The van der Waals surface area contributed by atoms with Crippen LogP contribution in [0.1, 0.15) is 43.6 Å². The third kappa shape index (κ3) is 1.90. The third-order valence-electron chi connectivity index (χ3n) is 4.31. The second kappa shape index (κ2) is 5.10. The molecule has 1 aliphatic heterocycles. The lowest BCUT2D eigenvalue weighted by Crippen LogP contribution is -2.24. The van der Waals surface area contributed by atoms with Gasteiger partial charge in [-0.05, 0) is 36.8 Å². The van der Waals surface area contributed by atoms with Crippen molar-refractivity contribution in [2.75, 3.05) is 7.11 Å². The molecule has 106 valence electrons. The highest BCUT2D eigenvalue weighted by atomic mass is 16.5. The van der Waals surface area contributed by atoms with Gasteiger partial charge in [-0.3, -0.25) is 0 Å². The summed E-state index contributed by atoms with van der Waals surface area (Å²) in [5.74, 6) is 1.04. The summed E-state index contributed by atoms with van der Waals surface area (Å²) < 4.78 is 11.8. The molecule has 2 aromatic rings. The Morgan fingerprint density at radius 3 is 2.55 bits per heavy atom. The Kier molecular flexibility index (Phi) is 3.43. The Balaban J connectivity index is 2.42. The first-order valence-corrected chi connectivity index (χ1v) is 7.43. The van der Waals surface area contributed by atoms with E-state index < -0.39 is 0 Å². The van der Waals surface area contributed by atoms with Crippen LogP contribution in [0.3, 0.4) is 0 Å². The zero-order valence-corrected chi connectivity index (χ0v) is 12.7. The molecule has 0 spiro atoms. The summed E-state index contributed by atoms with van der Waals surface area (Å²) in [6.45, 7) is 6.51. The van der Waals surface area contributed by atoms with Crippen molar-refractivity contribution in [3.8, 4) is 5.75 Å². The van der Waals surface area contributed by atoms with Crippen LogP contribution in [-0.2, 0) is 17.6 Å². The van der Waals surface area contributed by atoms with Crippen molar-refractivity contribution in [3.05, 3.63) is 41.0 Å². The average Bonchev–Trinajstić information content (AvgIpc) is 2.44. The molecule has 0 saturated carbocycles. The van der Waals surface area contributed by atoms with Crippen LogP contribution >= 0.6 is 0 Å². The molecule has 0 radical (unpaired) electrons. The van der Waals surface area contributed by atoms with Gasteiger partial charge in [0.25, 0.3) is 0 Å². The first-order valence-electron chi connectivity index (χ1n) is 7.43. The molecule has 1 heterocycles. The molecule has 0 unspecified atom stereocenters. The van der Waals surface area contributed by atoms with Crippen molar-refractivity contribution in [2.45, 2.75) is 45.8 Å². The van der Waals surface area contributed by atoms with Crippen LogP contribution in [-0.4, -0.2) is 13.2 Å². The predicted molar refractivity (Wildman–Crippen MR) is 82.5 cm³/mol. The fraction of sp³-hybridized carbons (Fsp3) is 0.444. The predicted octanol–water partition coefficient (Wildman–Crippen LogP) is 4.43. The van der Waals surface area contributed by atoms with Gasteiger partial charge in [0.05, 0.1) is 19.3 Å². The molecule has 2 aromatic carbocycles. The van der Waals surface area contributed by atoms with Gasteiger partial charge in [-0.2, -0.15) is 0 Å². The first-order chi connectivity index (χ1) is 9.67. The van der Waals surface area contributed by atoms with Gasteiger partial charge in [-0.1, -0.05) is 31.2 Å². The molecule has 2 atom stereocenters. The van der Waals surface area contributed by atoms with Crippen LogP contribution in [0.4, 0.5) is 0 Å². The van der Waals surface area contributed by atoms with Crippen molar-refractivity contribution in [1.29, 1.82) is 0 Å². The lowest BCUT2D eigenvalue weighted by atomic mass is 9.85. The molecule has 0 aliphatic carbocycles. The number of ether oxygens (including phenoxy) is 2. The highest BCUT2D eigenvalue weighted by Gasteiger charge is 2.29. The summed E-state index contributed by atoms with van der Waals surface area (Å²) in [6.07, 6.45) is 2.34. The fourth-order valence-corrected chi connectivity index (χ4v) is 3.62. The van der Waals surface area contributed by atoms with Gasteiger partial charge in [0.1, 0.15) is 5.75 Å². The summed E-state index contributed by atoms with van der Waals surface area (Å²) in [5, 5.41) is 2.53. The van der Waals surface area contributed by atoms with Crippen molar-refractivity contribution < 1.29 is 9.47 Å². The maximum absolute atomic E-state index is 6.05. The maximum Gasteiger partial charge on any atom is 0.130 e. The largest absolute Gasteiger partial charge is 0.496 e. The highest BCUT2D eigenvalue weighted by molar-refractivity contribution is 5.94. The topological polar surface area (TPSA) is 18.5 Å².